The maximum Gasteiger partial charge on any atom is 0.204 e. The third kappa shape index (κ3) is 2.60. The van der Waals surface area contributed by atoms with Crippen molar-refractivity contribution in [1.82, 2.24) is 0 Å². The van der Waals surface area contributed by atoms with Crippen molar-refractivity contribution in [2.24, 2.45) is 0 Å². The van der Waals surface area contributed by atoms with Gasteiger partial charge in [0.25, 0.3) is 0 Å². The molecule has 9 heteroatoms. The highest BCUT2D eigenvalue weighted by molar-refractivity contribution is 5.68. The molecule has 0 saturated carbocycles. The average molecular weight is 342 g/mol. The van der Waals surface area contributed by atoms with Crippen LogP contribution in [0.4, 0.5) is 35.1 Å². The summed E-state index contributed by atoms with van der Waals surface area (Å²) in [4.78, 5) is 0. The molecule has 0 saturated heterocycles. The van der Waals surface area contributed by atoms with Gasteiger partial charge >= 0.3 is 0 Å². The highest BCUT2D eigenvalue weighted by Crippen LogP contribution is 2.39. The zero-order chi connectivity index (χ0) is 17.5. The number of hydrogen-bond acceptors (Lipinski definition) is 1. The van der Waals surface area contributed by atoms with E-state index in [1.54, 1.807) is 0 Å². The second kappa shape index (κ2) is 6.05. The predicted molar refractivity (Wildman–Crippen MR) is 62.7 cm³/mol. The van der Waals surface area contributed by atoms with Crippen molar-refractivity contribution in [3.05, 3.63) is 52.6 Å². The zero-order valence-electron chi connectivity index (χ0n) is 11.2. The molecule has 23 heavy (non-hydrogen) atoms. The van der Waals surface area contributed by atoms with Crippen LogP contribution in [-0.2, 0) is 0 Å². The van der Waals surface area contributed by atoms with E-state index < -0.39 is 63.4 Å². The lowest BCUT2D eigenvalue weighted by Gasteiger charge is -2.13. The molecule has 0 aromatic heterocycles. The molecule has 2 aromatic carbocycles. The summed E-state index contributed by atoms with van der Waals surface area (Å²) in [5.74, 6) is -18.5. The van der Waals surface area contributed by atoms with Crippen molar-refractivity contribution >= 4 is 0 Å². The molecule has 2 aromatic rings. The summed E-state index contributed by atoms with van der Waals surface area (Å²) < 4.78 is 113. The Hall–Kier alpha value is -2.32. The van der Waals surface area contributed by atoms with Gasteiger partial charge < -0.3 is 4.74 Å². The van der Waals surface area contributed by atoms with Gasteiger partial charge in [-0.15, -0.1) is 0 Å². The molecule has 0 radical (unpaired) electrons. The fourth-order valence-electron chi connectivity index (χ4n) is 1.89. The largest absolute Gasteiger partial charge is 0.488 e. The molecule has 0 heterocycles. The summed E-state index contributed by atoms with van der Waals surface area (Å²) in [6.07, 6.45) is 0. The van der Waals surface area contributed by atoms with Crippen molar-refractivity contribution in [1.29, 1.82) is 0 Å². The van der Waals surface area contributed by atoms with Gasteiger partial charge in [0.1, 0.15) is 0 Å². The van der Waals surface area contributed by atoms with E-state index in [1.807, 2.05) is 0 Å². The van der Waals surface area contributed by atoms with Crippen LogP contribution in [0.25, 0.3) is 11.1 Å². The smallest absolute Gasteiger partial charge is 0.204 e. The predicted octanol–water partition coefficient (Wildman–Crippen LogP) is 4.87. The summed E-state index contributed by atoms with van der Waals surface area (Å²) in [6.45, 7) is 0.882. The molecule has 0 spiro atoms. The Labute approximate surface area is 124 Å². The van der Waals surface area contributed by atoms with Gasteiger partial charge in [-0.2, -0.15) is 8.78 Å². The number of halogens is 8. The molecule has 2 rings (SSSR count). The molecular weight excluding hydrogens is 336 g/mol. The van der Waals surface area contributed by atoms with Gasteiger partial charge in [-0.3, -0.25) is 0 Å². The second-order valence-corrected chi connectivity index (χ2v) is 4.24. The fraction of sp³-hybridized carbons (Fsp3) is 0.143. The number of ether oxygens (including phenoxy) is 1. The molecule has 0 bridgehead atoms. The highest BCUT2D eigenvalue weighted by Gasteiger charge is 2.32. The van der Waals surface area contributed by atoms with Crippen molar-refractivity contribution in [3.63, 3.8) is 0 Å². The van der Waals surface area contributed by atoms with Gasteiger partial charge in [0.05, 0.1) is 17.7 Å². The van der Waals surface area contributed by atoms with Crippen molar-refractivity contribution in [2.45, 2.75) is 6.92 Å². The van der Waals surface area contributed by atoms with Crippen LogP contribution in [0.1, 0.15) is 6.92 Å². The Balaban J connectivity index is 2.92. The van der Waals surface area contributed by atoms with E-state index in [4.69, 9.17) is 0 Å². The average Bonchev–Trinajstić information content (AvgIpc) is 2.51. The monoisotopic (exact) mass is 342 g/mol. The zero-order valence-corrected chi connectivity index (χ0v) is 11.2. The van der Waals surface area contributed by atoms with Crippen LogP contribution in [-0.4, -0.2) is 6.61 Å². The number of hydrogen-bond donors (Lipinski definition) is 0. The molecule has 0 aliphatic rings. The maximum absolute atomic E-state index is 13.9. The van der Waals surface area contributed by atoms with E-state index in [1.165, 1.54) is 6.92 Å². The van der Waals surface area contributed by atoms with Crippen molar-refractivity contribution in [2.75, 3.05) is 6.61 Å². The molecule has 0 amide bonds. The Bertz CT molecular complexity index is 732. The molecule has 0 fully saturated rings. The second-order valence-electron chi connectivity index (χ2n) is 4.24. The van der Waals surface area contributed by atoms with Gasteiger partial charge in [0.15, 0.2) is 40.7 Å². The summed E-state index contributed by atoms with van der Waals surface area (Å²) in [5, 5.41) is 0. The van der Waals surface area contributed by atoms with E-state index in [2.05, 4.69) is 4.74 Å². The molecule has 0 atom stereocenters. The van der Waals surface area contributed by atoms with E-state index >= 15 is 0 Å². The Morgan fingerprint density at radius 2 is 1.04 bits per heavy atom. The van der Waals surface area contributed by atoms with E-state index in [-0.39, 0.29) is 12.7 Å². The summed E-state index contributed by atoms with van der Waals surface area (Å²) >= 11 is 0. The van der Waals surface area contributed by atoms with E-state index in [0.717, 1.165) is 0 Å². The Morgan fingerprint density at radius 3 is 1.43 bits per heavy atom. The maximum atomic E-state index is 13.9. The molecule has 0 aliphatic carbocycles. The minimum Gasteiger partial charge on any atom is -0.488 e. The third-order valence-corrected chi connectivity index (χ3v) is 2.87. The first-order valence-electron chi connectivity index (χ1n) is 6.04. The molecule has 0 aliphatic heterocycles. The first-order valence-corrected chi connectivity index (χ1v) is 6.04. The lowest BCUT2D eigenvalue weighted by atomic mass is 10.0. The minimum atomic E-state index is -2.25. The minimum absolute atomic E-state index is 0.217. The lowest BCUT2D eigenvalue weighted by Crippen LogP contribution is -2.09. The van der Waals surface area contributed by atoms with Gasteiger partial charge in [-0.1, -0.05) is 0 Å². The Morgan fingerprint density at radius 1 is 0.652 bits per heavy atom. The molecule has 1 nitrogen and oxygen atoms in total. The molecule has 0 N–H and O–H groups in total. The van der Waals surface area contributed by atoms with Crippen LogP contribution in [0.5, 0.6) is 5.75 Å². The van der Waals surface area contributed by atoms with Crippen molar-refractivity contribution < 1.29 is 39.9 Å². The van der Waals surface area contributed by atoms with Crippen LogP contribution in [0.15, 0.2) is 6.07 Å². The van der Waals surface area contributed by atoms with Crippen LogP contribution in [0, 0.1) is 46.5 Å². The van der Waals surface area contributed by atoms with Gasteiger partial charge in [0, 0.05) is 6.07 Å². The first kappa shape index (κ1) is 17.0. The van der Waals surface area contributed by atoms with Crippen molar-refractivity contribution in [3.8, 4) is 16.9 Å². The third-order valence-electron chi connectivity index (χ3n) is 2.87. The van der Waals surface area contributed by atoms with Gasteiger partial charge in [0.2, 0.25) is 11.6 Å². The van der Waals surface area contributed by atoms with Crippen LogP contribution in [0.3, 0.4) is 0 Å². The fourth-order valence-corrected chi connectivity index (χ4v) is 1.89. The molecule has 124 valence electrons. The van der Waals surface area contributed by atoms with E-state index in [0.29, 0.717) is 0 Å². The summed E-state index contributed by atoms with van der Waals surface area (Å²) in [6, 6.07) is -0.217. The Kier molecular flexibility index (Phi) is 4.49. The SMILES string of the molecule is CCOc1c(F)c(F)c(-c2c(F)c(F)cc(F)c2F)c(F)c1F. The van der Waals surface area contributed by atoms with Crippen LogP contribution in [0.2, 0.25) is 0 Å². The number of benzene rings is 2. The normalized spacial score (nSPS) is 11.0. The molecule has 0 unspecified atom stereocenters. The van der Waals surface area contributed by atoms with Crippen LogP contribution < -0.4 is 4.74 Å². The summed E-state index contributed by atoms with van der Waals surface area (Å²) in [5.41, 5.74) is -3.82. The van der Waals surface area contributed by atoms with Gasteiger partial charge in [-0.05, 0) is 6.92 Å². The number of rotatable bonds is 3. The highest BCUT2D eigenvalue weighted by atomic mass is 19.2. The first-order chi connectivity index (χ1) is 10.7. The van der Waals surface area contributed by atoms with Crippen LogP contribution >= 0.6 is 0 Å². The summed E-state index contributed by atoms with van der Waals surface area (Å²) in [7, 11) is 0. The quantitative estimate of drug-likeness (QED) is 0.571. The lowest BCUT2D eigenvalue weighted by molar-refractivity contribution is 0.287. The molecular formula is C14H6F8O. The van der Waals surface area contributed by atoms with Gasteiger partial charge in [-0.25, -0.2) is 26.3 Å². The topological polar surface area (TPSA) is 9.23 Å². The standard InChI is InChI=1S/C14H6F8O/c1-2-23-14-12(21)10(19)7(11(20)13(14)22)6-8(17)4(15)3-5(16)9(6)18/h3H,2H2,1H3. The van der Waals surface area contributed by atoms with E-state index in [9.17, 15) is 35.1 Å².